The van der Waals surface area contributed by atoms with Crippen molar-refractivity contribution in [3.05, 3.63) is 18.2 Å². The van der Waals surface area contributed by atoms with Crippen LogP contribution in [0.1, 0.15) is 92.7 Å². The summed E-state index contributed by atoms with van der Waals surface area (Å²) in [4.78, 5) is 143. The average molecular weight is 1130 g/mol. The quantitative estimate of drug-likeness (QED) is 0.0325. The number of nitrogens with one attached hydrogen (secondary N) is 9. The van der Waals surface area contributed by atoms with E-state index in [2.05, 4.69) is 65.1 Å². The third-order valence-electron chi connectivity index (χ3n) is 12.2. The average Bonchev–Trinajstić information content (AvgIpc) is 4.08. The fourth-order valence-corrected chi connectivity index (χ4v) is 9.26. The number of thiol groups is 1. The largest absolute Gasteiger partial charge is 0.480 e. The summed E-state index contributed by atoms with van der Waals surface area (Å²) in [5.74, 6) is -8.55. The second kappa shape index (κ2) is 33.9. The van der Waals surface area contributed by atoms with Crippen LogP contribution in [0.15, 0.2) is 12.5 Å². The van der Waals surface area contributed by atoms with Gasteiger partial charge in [-0.2, -0.15) is 36.2 Å². The van der Waals surface area contributed by atoms with Crippen molar-refractivity contribution in [1.82, 2.24) is 57.4 Å². The van der Waals surface area contributed by atoms with Gasteiger partial charge < -0.3 is 73.5 Å². The summed E-state index contributed by atoms with van der Waals surface area (Å²) in [6.07, 6.45) is 5.76. The Labute approximate surface area is 458 Å². The molecule has 0 spiro atoms. The highest BCUT2D eigenvalue weighted by molar-refractivity contribution is 7.98. The molecule has 2 heterocycles. The van der Waals surface area contributed by atoms with Gasteiger partial charge in [-0.05, 0) is 87.2 Å². The van der Waals surface area contributed by atoms with Crippen molar-refractivity contribution in [2.45, 2.75) is 160 Å². The second-order valence-electron chi connectivity index (χ2n) is 19.9. The first-order valence-electron chi connectivity index (χ1n) is 25.4. The number of carbonyl (C=O) groups excluding carboxylic acids is 9. The topological polar surface area (TPSA) is 386 Å². The molecule has 0 radical (unpaired) electrons. The lowest BCUT2D eigenvalue weighted by Gasteiger charge is -2.30. The van der Waals surface area contributed by atoms with Crippen LogP contribution >= 0.6 is 36.2 Å². The highest BCUT2D eigenvalue weighted by Gasteiger charge is 2.40. The van der Waals surface area contributed by atoms with Gasteiger partial charge in [0.05, 0.1) is 25.1 Å². The number of likely N-dealkylation sites (tertiary alicyclic amines) is 1. The number of nitrogens with two attached hydrogens (primary N) is 1. The number of aromatic amines is 1. The number of H-pyrrole nitrogens is 1. The number of carboxylic acids is 1. The molecule has 2 rings (SSSR count). The Morgan fingerprint density at radius 2 is 1.17 bits per heavy atom. The van der Waals surface area contributed by atoms with Crippen molar-refractivity contribution < 1.29 is 63.3 Å². The number of carbonyl (C=O) groups is 10. The molecule has 76 heavy (non-hydrogen) atoms. The van der Waals surface area contributed by atoms with Gasteiger partial charge in [-0.15, -0.1) is 0 Å². The fraction of sp³-hybridized carbons (Fsp3) is 0.729. The molecule has 430 valence electrons. The molecule has 25 nitrogen and oxygen atoms in total. The maximum Gasteiger partial charge on any atom is 0.326 e. The number of thioether (sulfide) groups is 2. The molecule has 28 heteroatoms. The Balaban J connectivity index is 2.34. The minimum atomic E-state index is -1.72. The van der Waals surface area contributed by atoms with Crippen LogP contribution in [-0.2, 0) is 54.4 Å². The van der Waals surface area contributed by atoms with E-state index in [-0.39, 0.29) is 56.2 Å². The molecule has 0 bridgehead atoms. The Morgan fingerprint density at radius 3 is 1.71 bits per heavy atom. The normalized spacial score (nSPS) is 17.4. The van der Waals surface area contributed by atoms with Crippen LogP contribution in [-0.4, -0.2) is 199 Å². The number of amides is 9. The standard InChI is InChI=1S/C48H82N12O13S3/c1-24(2)17-31(41(65)56-34(21-61)43(67)55-33(18-25(3)4)47(71)60-14-10-11-36(60)48(72)73)53-42(66)32(19-28-20-50-23-51-28)54-46(70)38(27(7)62)59-40(64)30(13-16-76-9)52-45(69)37(26(5)6)58-44(68)35(22-74)57-39(63)29(49)12-15-75-8/h20,23-27,29-38,61-62,74H,10-19,21-22,49H2,1-9H3,(H,50,51)(H,52,69)(H,53,66)(H,54,70)(H,55,67)(H,56,65)(H,57,63)(H,58,68)(H,59,64)(H,72,73)/t27-,29+,30+,31+,32+,33+,34+,35+,36+,37+,38+/m1/s1. The number of nitrogens with zero attached hydrogens (tertiary/aromatic N) is 2. The number of rotatable bonds is 34. The van der Waals surface area contributed by atoms with Crippen molar-refractivity contribution in [2.75, 3.05) is 42.9 Å². The molecule has 1 aliphatic rings. The number of hydrogen-bond donors (Lipinski definition) is 14. The van der Waals surface area contributed by atoms with E-state index in [0.717, 1.165) is 0 Å². The van der Waals surface area contributed by atoms with Crippen molar-refractivity contribution in [1.29, 1.82) is 0 Å². The smallest absolute Gasteiger partial charge is 0.326 e. The first kappa shape index (κ1) is 67.0. The third kappa shape index (κ3) is 22.1. The minimum Gasteiger partial charge on any atom is -0.480 e. The number of carboxylic acid groups (broad SMARTS) is 1. The predicted octanol–water partition coefficient (Wildman–Crippen LogP) is -2.21. The van der Waals surface area contributed by atoms with Gasteiger partial charge in [0.1, 0.15) is 54.4 Å². The molecule has 1 aliphatic heterocycles. The van der Waals surface area contributed by atoms with Crippen LogP contribution in [0, 0.1) is 17.8 Å². The number of aliphatic hydroxyl groups is 2. The van der Waals surface area contributed by atoms with Crippen molar-refractivity contribution in [2.24, 2.45) is 23.5 Å². The summed E-state index contributed by atoms with van der Waals surface area (Å²) in [5.41, 5.74) is 6.34. The maximum atomic E-state index is 14.2. The van der Waals surface area contributed by atoms with Crippen molar-refractivity contribution >= 4 is 95.3 Å². The van der Waals surface area contributed by atoms with E-state index in [4.69, 9.17) is 5.73 Å². The zero-order valence-electron chi connectivity index (χ0n) is 44.9. The number of aliphatic hydroxyl groups excluding tert-OH is 2. The molecule has 1 saturated heterocycles. The number of hydrogen-bond acceptors (Lipinski definition) is 17. The second-order valence-corrected chi connectivity index (χ2v) is 22.3. The number of aromatic nitrogens is 2. The van der Waals surface area contributed by atoms with Crippen LogP contribution in [0.5, 0.6) is 0 Å². The van der Waals surface area contributed by atoms with E-state index in [1.165, 1.54) is 47.9 Å². The summed E-state index contributed by atoms with van der Waals surface area (Å²) in [7, 11) is 0. The molecular formula is C48H82N12O13S3. The van der Waals surface area contributed by atoms with E-state index >= 15 is 0 Å². The van der Waals surface area contributed by atoms with Gasteiger partial charge in [0.15, 0.2) is 0 Å². The van der Waals surface area contributed by atoms with E-state index < -0.39 is 138 Å². The summed E-state index contributed by atoms with van der Waals surface area (Å²) >= 11 is 7.07. The number of imidazole rings is 1. The molecular weight excluding hydrogens is 1050 g/mol. The lowest BCUT2D eigenvalue weighted by atomic mass is 10.0. The lowest BCUT2D eigenvalue weighted by Crippen LogP contribution is -2.63. The zero-order valence-corrected chi connectivity index (χ0v) is 47.4. The summed E-state index contributed by atoms with van der Waals surface area (Å²) in [6, 6.07) is -13.0. The van der Waals surface area contributed by atoms with Gasteiger partial charge in [0.2, 0.25) is 53.2 Å². The maximum absolute atomic E-state index is 14.2. The highest BCUT2D eigenvalue weighted by Crippen LogP contribution is 2.21. The minimum absolute atomic E-state index is 0.00154. The van der Waals surface area contributed by atoms with E-state index in [1.807, 2.05) is 6.26 Å². The first-order chi connectivity index (χ1) is 35.8. The van der Waals surface area contributed by atoms with Gasteiger partial charge in [-0.1, -0.05) is 41.5 Å². The molecule has 0 unspecified atom stereocenters. The predicted molar refractivity (Wildman–Crippen MR) is 290 cm³/mol. The number of aliphatic carboxylic acids is 1. The molecule has 0 aliphatic carbocycles. The summed E-state index contributed by atoms with van der Waals surface area (Å²) < 4.78 is 0. The Morgan fingerprint density at radius 1 is 0.684 bits per heavy atom. The fourth-order valence-electron chi connectivity index (χ4n) is 8.04. The van der Waals surface area contributed by atoms with E-state index in [0.29, 0.717) is 30.0 Å². The molecule has 0 saturated carbocycles. The van der Waals surface area contributed by atoms with Crippen molar-refractivity contribution in [3.8, 4) is 0 Å². The van der Waals surface area contributed by atoms with Crippen LogP contribution in [0.4, 0.5) is 0 Å². The SMILES string of the molecule is CSCC[C@H](NC(=O)[C@@H](NC(=O)[C@H](CS)NC(=O)[C@@H](N)CCSC)C(C)C)C(=O)N[C@H](C(=O)N[C@@H](Cc1cnc[nH]1)C(=O)N[C@@H](CC(C)C)C(=O)N[C@@H](CO)C(=O)N[C@@H](CC(C)C)C(=O)N1CCC[C@H]1C(=O)O)[C@@H](C)O. The van der Waals surface area contributed by atoms with Gasteiger partial charge >= 0.3 is 5.97 Å². The Hall–Kier alpha value is -5.16. The van der Waals surface area contributed by atoms with Crippen molar-refractivity contribution in [3.63, 3.8) is 0 Å². The molecule has 11 atom stereocenters. The van der Waals surface area contributed by atoms with Crippen LogP contribution in [0.25, 0.3) is 0 Å². The zero-order chi connectivity index (χ0) is 57.4. The molecule has 1 aromatic heterocycles. The molecule has 9 amide bonds. The molecule has 1 fully saturated rings. The van der Waals surface area contributed by atoms with Gasteiger partial charge in [-0.3, -0.25) is 43.2 Å². The van der Waals surface area contributed by atoms with Gasteiger partial charge in [-0.25, -0.2) is 9.78 Å². The lowest BCUT2D eigenvalue weighted by molar-refractivity contribution is -0.149. The first-order valence-corrected chi connectivity index (χ1v) is 28.8. The highest BCUT2D eigenvalue weighted by atomic mass is 32.2. The Kier molecular flexibility index (Phi) is 29.8. The van der Waals surface area contributed by atoms with E-state index in [1.54, 1.807) is 47.8 Å². The van der Waals surface area contributed by atoms with Gasteiger partial charge in [0.25, 0.3) is 0 Å². The molecule has 1 aromatic rings. The third-order valence-corrected chi connectivity index (χ3v) is 13.9. The van der Waals surface area contributed by atoms with E-state index in [9.17, 15) is 63.3 Å². The van der Waals surface area contributed by atoms with Crippen LogP contribution in [0.2, 0.25) is 0 Å². The Bertz CT molecular complexity index is 2090. The monoisotopic (exact) mass is 1130 g/mol. The van der Waals surface area contributed by atoms with Crippen LogP contribution in [0.3, 0.4) is 0 Å². The van der Waals surface area contributed by atoms with Gasteiger partial charge in [0, 0.05) is 30.6 Å². The molecule has 0 aromatic carbocycles. The molecule has 14 N–H and O–H groups in total. The van der Waals surface area contributed by atoms with Crippen LogP contribution < -0.4 is 48.3 Å². The summed E-state index contributed by atoms with van der Waals surface area (Å²) in [5, 5.41) is 51.4. The summed E-state index contributed by atoms with van der Waals surface area (Å²) in [6.45, 7) is 10.9.